The first-order valence-corrected chi connectivity index (χ1v) is 9.63. The van der Waals surface area contributed by atoms with E-state index in [-0.39, 0.29) is 22.9 Å². The lowest BCUT2D eigenvalue weighted by Crippen LogP contribution is -2.66. The van der Waals surface area contributed by atoms with Crippen LogP contribution in [0.3, 0.4) is 0 Å². The Labute approximate surface area is 138 Å². The second-order valence-electron chi connectivity index (χ2n) is 10.4. The third-order valence-electron chi connectivity index (χ3n) is 10.1. The Bertz CT molecular complexity index is 602. The SMILES string of the molecule is CC1(C(=O)O)CCCC2(C)C1CCC1CC3(C)C4CC12C(O)C43. The van der Waals surface area contributed by atoms with Crippen molar-refractivity contribution in [1.29, 1.82) is 0 Å². The zero-order chi connectivity index (χ0) is 16.4. The summed E-state index contributed by atoms with van der Waals surface area (Å²) in [5.74, 6) is 1.46. The largest absolute Gasteiger partial charge is 0.481 e. The van der Waals surface area contributed by atoms with Crippen molar-refractivity contribution in [3.05, 3.63) is 0 Å². The first-order valence-electron chi connectivity index (χ1n) is 9.63. The third-order valence-corrected chi connectivity index (χ3v) is 10.1. The highest BCUT2D eigenvalue weighted by Gasteiger charge is 2.84. The van der Waals surface area contributed by atoms with Gasteiger partial charge in [-0.15, -0.1) is 0 Å². The molecule has 2 N–H and O–H groups in total. The van der Waals surface area contributed by atoms with Crippen LogP contribution in [0, 0.1) is 45.3 Å². The molecule has 0 aromatic rings. The van der Waals surface area contributed by atoms with Gasteiger partial charge in [0, 0.05) is 5.41 Å². The molecule has 0 aromatic heterocycles. The Morgan fingerprint density at radius 3 is 2.43 bits per heavy atom. The van der Waals surface area contributed by atoms with E-state index >= 15 is 0 Å². The van der Waals surface area contributed by atoms with E-state index in [1.165, 1.54) is 12.8 Å². The number of carbonyl (C=O) groups is 1. The molecule has 9 atom stereocenters. The van der Waals surface area contributed by atoms with E-state index < -0.39 is 11.4 Å². The molecule has 0 aromatic carbocycles. The molecule has 0 saturated heterocycles. The fourth-order valence-corrected chi connectivity index (χ4v) is 8.94. The van der Waals surface area contributed by atoms with E-state index in [1.54, 1.807) is 0 Å². The molecule has 0 radical (unpaired) electrons. The Morgan fingerprint density at radius 1 is 1.09 bits per heavy atom. The number of carboxylic acid groups (broad SMARTS) is 1. The minimum atomic E-state index is -0.610. The molecule has 6 rings (SSSR count). The van der Waals surface area contributed by atoms with Crippen LogP contribution in [0.25, 0.3) is 0 Å². The number of hydrogen-bond donors (Lipinski definition) is 2. The Balaban J connectivity index is 1.64. The van der Waals surface area contributed by atoms with Gasteiger partial charge in [0.15, 0.2) is 0 Å². The summed E-state index contributed by atoms with van der Waals surface area (Å²) in [7, 11) is 0. The van der Waals surface area contributed by atoms with Gasteiger partial charge in [-0.1, -0.05) is 20.3 Å². The summed E-state index contributed by atoms with van der Waals surface area (Å²) in [4.78, 5) is 12.1. The van der Waals surface area contributed by atoms with Gasteiger partial charge in [0.2, 0.25) is 0 Å². The summed E-state index contributed by atoms with van der Waals surface area (Å²) < 4.78 is 0. The molecule has 6 aliphatic rings. The Kier molecular flexibility index (Phi) is 2.45. The number of rotatable bonds is 1. The van der Waals surface area contributed by atoms with E-state index in [4.69, 9.17) is 0 Å². The summed E-state index contributed by atoms with van der Waals surface area (Å²) in [6, 6.07) is 0. The van der Waals surface area contributed by atoms with Crippen LogP contribution in [0.2, 0.25) is 0 Å². The Hall–Kier alpha value is -0.570. The molecule has 23 heavy (non-hydrogen) atoms. The van der Waals surface area contributed by atoms with Crippen LogP contribution in [0.1, 0.15) is 65.7 Å². The van der Waals surface area contributed by atoms with E-state index in [0.29, 0.717) is 23.2 Å². The topological polar surface area (TPSA) is 57.5 Å². The number of aliphatic carboxylic acids is 1. The number of aliphatic hydroxyl groups is 1. The molecule has 1 spiro atoms. The van der Waals surface area contributed by atoms with Crippen molar-refractivity contribution in [2.75, 3.05) is 0 Å². The molecule has 6 fully saturated rings. The number of carboxylic acids is 1. The average molecular weight is 318 g/mol. The highest BCUT2D eigenvalue weighted by molar-refractivity contribution is 5.75. The molecule has 9 unspecified atom stereocenters. The lowest BCUT2D eigenvalue weighted by molar-refractivity contribution is -0.235. The van der Waals surface area contributed by atoms with Gasteiger partial charge in [-0.25, -0.2) is 0 Å². The maximum absolute atomic E-state index is 12.1. The molecule has 4 bridgehead atoms. The Morgan fingerprint density at radius 2 is 1.83 bits per heavy atom. The highest BCUT2D eigenvalue weighted by Crippen LogP contribution is 2.86. The summed E-state index contributed by atoms with van der Waals surface area (Å²) >= 11 is 0. The predicted octanol–water partition coefficient (Wildman–Crippen LogP) is 3.70. The average Bonchev–Trinajstić information content (AvgIpc) is 2.94. The van der Waals surface area contributed by atoms with Crippen LogP contribution in [0.5, 0.6) is 0 Å². The number of aliphatic hydroxyl groups excluding tert-OH is 1. The smallest absolute Gasteiger partial charge is 0.309 e. The molecular weight excluding hydrogens is 288 g/mol. The van der Waals surface area contributed by atoms with Crippen molar-refractivity contribution < 1.29 is 15.0 Å². The number of hydrogen-bond acceptors (Lipinski definition) is 2. The summed E-state index contributed by atoms with van der Waals surface area (Å²) in [5, 5.41) is 21.3. The van der Waals surface area contributed by atoms with Gasteiger partial charge in [0.1, 0.15) is 0 Å². The quantitative estimate of drug-likeness (QED) is 0.775. The second kappa shape index (κ2) is 3.81. The van der Waals surface area contributed by atoms with Gasteiger partial charge in [-0.05, 0) is 80.0 Å². The fraction of sp³-hybridized carbons (Fsp3) is 0.950. The monoisotopic (exact) mass is 318 g/mol. The molecule has 128 valence electrons. The first kappa shape index (κ1) is 14.7. The van der Waals surface area contributed by atoms with E-state index in [2.05, 4.69) is 13.8 Å². The van der Waals surface area contributed by atoms with Crippen LogP contribution in [0.15, 0.2) is 0 Å². The molecule has 6 saturated carbocycles. The van der Waals surface area contributed by atoms with Crippen LogP contribution in [-0.2, 0) is 4.79 Å². The molecule has 0 amide bonds. The van der Waals surface area contributed by atoms with Crippen molar-refractivity contribution in [1.82, 2.24) is 0 Å². The second-order valence-corrected chi connectivity index (χ2v) is 10.4. The highest BCUT2D eigenvalue weighted by atomic mass is 16.4. The third kappa shape index (κ3) is 1.28. The van der Waals surface area contributed by atoms with Crippen LogP contribution in [0.4, 0.5) is 0 Å². The van der Waals surface area contributed by atoms with Gasteiger partial charge in [-0.2, -0.15) is 0 Å². The fourth-order valence-electron chi connectivity index (χ4n) is 8.94. The van der Waals surface area contributed by atoms with E-state index in [1.807, 2.05) is 6.92 Å². The van der Waals surface area contributed by atoms with E-state index in [9.17, 15) is 15.0 Å². The van der Waals surface area contributed by atoms with Gasteiger partial charge in [0.05, 0.1) is 11.5 Å². The zero-order valence-electron chi connectivity index (χ0n) is 14.6. The standard InChI is InChI=1S/C20H30O3/c1-17(16(22)23)7-4-8-19(3)13(17)6-5-11-9-18(2)12-10-20(11,19)15(21)14(12)18/h11-15,21H,4-10H2,1-3H3,(H,22,23). The van der Waals surface area contributed by atoms with Crippen LogP contribution in [-0.4, -0.2) is 22.3 Å². The maximum atomic E-state index is 12.1. The van der Waals surface area contributed by atoms with Gasteiger partial charge >= 0.3 is 5.97 Å². The molecular formula is C20H30O3. The number of fused-ring (bicyclic) bond motifs is 1. The van der Waals surface area contributed by atoms with Crippen LogP contribution >= 0.6 is 0 Å². The van der Waals surface area contributed by atoms with Crippen molar-refractivity contribution in [3.8, 4) is 0 Å². The molecule has 6 aliphatic carbocycles. The lowest BCUT2D eigenvalue weighted by atomic mass is 9.36. The van der Waals surface area contributed by atoms with Crippen molar-refractivity contribution in [3.63, 3.8) is 0 Å². The molecule has 3 heteroatoms. The van der Waals surface area contributed by atoms with Crippen molar-refractivity contribution >= 4 is 5.97 Å². The van der Waals surface area contributed by atoms with Crippen molar-refractivity contribution in [2.24, 2.45) is 45.3 Å². The van der Waals surface area contributed by atoms with Crippen molar-refractivity contribution in [2.45, 2.75) is 71.8 Å². The summed E-state index contributed by atoms with van der Waals surface area (Å²) in [6.07, 6.45) is 7.38. The summed E-state index contributed by atoms with van der Waals surface area (Å²) in [6.45, 7) is 6.75. The minimum Gasteiger partial charge on any atom is -0.481 e. The van der Waals surface area contributed by atoms with Gasteiger partial charge in [-0.3, -0.25) is 4.79 Å². The lowest BCUT2D eigenvalue weighted by Gasteiger charge is -2.68. The van der Waals surface area contributed by atoms with E-state index in [0.717, 1.165) is 32.1 Å². The van der Waals surface area contributed by atoms with Gasteiger partial charge in [0.25, 0.3) is 0 Å². The predicted molar refractivity (Wildman–Crippen MR) is 86.7 cm³/mol. The van der Waals surface area contributed by atoms with Gasteiger partial charge < -0.3 is 10.2 Å². The molecule has 3 nitrogen and oxygen atoms in total. The minimum absolute atomic E-state index is 0.00940. The maximum Gasteiger partial charge on any atom is 0.309 e. The summed E-state index contributed by atoms with van der Waals surface area (Å²) in [5.41, 5.74) is -0.171. The zero-order valence-corrected chi connectivity index (χ0v) is 14.6. The van der Waals surface area contributed by atoms with Crippen LogP contribution < -0.4 is 0 Å². The first-order chi connectivity index (χ1) is 10.7. The molecule has 0 aliphatic heterocycles. The molecule has 0 heterocycles. The normalized spacial score (nSPS) is 65.7.